The predicted octanol–water partition coefficient (Wildman–Crippen LogP) is 2.38. The van der Waals surface area contributed by atoms with Gasteiger partial charge in [-0.15, -0.1) is 0 Å². The summed E-state index contributed by atoms with van der Waals surface area (Å²) in [6.45, 7) is 3.51. The van der Waals surface area contributed by atoms with Gasteiger partial charge in [0.05, 0.1) is 0 Å². The summed E-state index contributed by atoms with van der Waals surface area (Å²) >= 11 is 0. The first kappa shape index (κ1) is 11.4. The molecule has 0 radical (unpaired) electrons. The van der Waals surface area contributed by atoms with E-state index in [0.29, 0.717) is 6.04 Å². The average Bonchev–Trinajstić information content (AvgIpc) is 2.64. The average molecular weight is 210 g/mol. The van der Waals surface area contributed by atoms with Gasteiger partial charge >= 0.3 is 0 Å². The number of nitrogens with two attached hydrogens (primary N) is 1. The SMILES string of the molecule is NCC1CCCCCN1CC1CCCC1. The quantitative estimate of drug-likeness (QED) is 0.775. The highest BCUT2D eigenvalue weighted by Gasteiger charge is 2.24. The van der Waals surface area contributed by atoms with Crippen molar-refractivity contribution < 1.29 is 0 Å². The molecule has 0 bridgehead atoms. The van der Waals surface area contributed by atoms with Gasteiger partial charge in [-0.1, -0.05) is 25.7 Å². The molecule has 88 valence electrons. The maximum Gasteiger partial charge on any atom is 0.0218 e. The summed E-state index contributed by atoms with van der Waals surface area (Å²) < 4.78 is 0. The van der Waals surface area contributed by atoms with Gasteiger partial charge in [-0.05, 0) is 38.1 Å². The molecule has 1 heterocycles. The van der Waals surface area contributed by atoms with Gasteiger partial charge in [0, 0.05) is 19.1 Å². The van der Waals surface area contributed by atoms with E-state index >= 15 is 0 Å². The maximum absolute atomic E-state index is 5.90. The van der Waals surface area contributed by atoms with Crippen LogP contribution in [0.25, 0.3) is 0 Å². The van der Waals surface area contributed by atoms with E-state index in [1.165, 1.54) is 64.5 Å². The summed E-state index contributed by atoms with van der Waals surface area (Å²) in [5.41, 5.74) is 5.90. The van der Waals surface area contributed by atoms with E-state index in [2.05, 4.69) is 4.90 Å². The molecule has 0 amide bonds. The lowest BCUT2D eigenvalue weighted by atomic mass is 10.1. The van der Waals surface area contributed by atoms with Crippen molar-refractivity contribution >= 4 is 0 Å². The molecule has 0 spiro atoms. The second-order valence-electron chi connectivity index (χ2n) is 5.38. The summed E-state index contributed by atoms with van der Waals surface area (Å²) in [5, 5.41) is 0. The third kappa shape index (κ3) is 3.18. The lowest BCUT2D eigenvalue weighted by molar-refractivity contribution is 0.174. The van der Waals surface area contributed by atoms with Crippen molar-refractivity contribution in [3.8, 4) is 0 Å². The summed E-state index contributed by atoms with van der Waals surface area (Å²) in [4.78, 5) is 2.70. The molecular weight excluding hydrogens is 184 g/mol. The Morgan fingerprint density at radius 2 is 1.67 bits per heavy atom. The van der Waals surface area contributed by atoms with E-state index in [4.69, 9.17) is 5.73 Å². The van der Waals surface area contributed by atoms with Crippen molar-refractivity contribution in [1.82, 2.24) is 4.90 Å². The first-order valence-electron chi connectivity index (χ1n) is 6.84. The van der Waals surface area contributed by atoms with Crippen LogP contribution in [0.1, 0.15) is 51.4 Å². The molecule has 2 heteroatoms. The van der Waals surface area contributed by atoms with E-state index in [-0.39, 0.29) is 0 Å². The Morgan fingerprint density at radius 3 is 2.40 bits per heavy atom. The fourth-order valence-corrected chi connectivity index (χ4v) is 3.27. The second-order valence-corrected chi connectivity index (χ2v) is 5.38. The monoisotopic (exact) mass is 210 g/mol. The Morgan fingerprint density at radius 1 is 0.933 bits per heavy atom. The molecule has 1 atom stereocenters. The van der Waals surface area contributed by atoms with Gasteiger partial charge in [-0.2, -0.15) is 0 Å². The van der Waals surface area contributed by atoms with Crippen LogP contribution < -0.4 is 5.73 Å². The van der Waals surface area contributed by atoms with Crippen LogP contribution >= 0.6 is 0 Å². The van der Waals surface area contributed by atoms with Crippen LogP contribution in [0, 0.1) is 5.92 Å². The zero-order chi connectivity index (χ0) is 10.5. The number of rotatable bonds is 3. The number of hydrogen-bond donors (Lipinski definition) is 1. The molecular formula is C13H26N2. The summed E-state index contributed by atoms with van der Waals surface area (Å²) in [7, 11) is 0. The highest BCUT2D eigenvalue weighted by atomic mass is 15.2. The molecule has 2 rings (SSSR count). The Balaban J connectivity index is 1.85. The molecule has 0 aromatic rings. The van der Waals surface area contributed by atoms with Gasteiger partial charge in [0.25, 0.3) is 0 Å². The number of nitrogens with zero attached hydrogens (tertiary/aromatic N) is 1. The summed E-state index contributed by atoms with van der Waals surface area (Å²) in [5.74, 6) is 0.983. The molecule has 2 nitrogen and oxygen atoms in total. The van der Waals surface area contributed by atoms with Gasteiger partial charge in [0.2, 0.25) is 0 Å². The fourth-order valence-electron chi connectivity index (χ4n) is 3.27. The lowest BCUT2D eigenvalue weighted by Gasteiger charge is -2.31. The van der Waals surface area contributed by atoms with Crippen LogP contribution in [0.5, 0.6) is 0 Å². The van der Waals surface area contributed by atoms with Crippen LogP contribution in [0.3, 0.4) is 0 Å². The molecule has 2 fully saturated rings. The molecule has 1 saturated heterocycles. The van der Waals surface area contributed by atoms with Crippen molar-refractivity contribution in [2.75, 3.05) is 19.6 Å². The van der Waals surface area contributed by atoms with E-state index in [1.54, 1.807) is 0 Å². The lowest BCUT2D eigenvalue weighted by Crippen LogP contribution is -2.42. The molecule has 15 heavy (non-hydrogen) atoms. The molecule has 0 aromatic heterocycles. The number of hydrogen-bond acceptors (Lipinski definition) is 2. The Bertz CT molecular complexity index is 175. The predicted molar refractivity (Wildman–Crippen MR) is 64.8 cm³/mol. The van der Waals surface area contributed by atoms with Crippen LogP contribution in [0.2, 0.25) is 0 Å². The third-order valence-corrected chi connectivity index (χ3v) is 4.24. The molecule has 1 unspecified atom stereocenters. The van der Waals surface area contributed by atoms with Gasteiger partial charge < -0.3 is 5.73 Å². The number of likely N-dealkylation sites (tertiary alicyclic amines) is 1. The molecule has 2 N–H and O–H groups in total. The van der Waals surface area contributed by atoms with Crippen LogP contribution in [0.4, 0.5) is 0 Å². The van der Waals surface area contributed by atoms with Crippen LogP contribution in [-0.4, -0.2) is 30.6 Å². The first-order valence-corrected chi connectivity index (χ1v) is 6.84. The van der Waals surface area contributed by atoms with Crippen molar-refractivity contribution in [3.63, 3.8) is 0 Å². The van der Waals surface area contributed by atoms with Crippen molar-refractivity contribution in [1.29, 1.82) is 0 Å². The van der Waals surface area contributed by atoms with E-state index < -0.39 is 0 Å². The second kappa shape index (κ2) is 5.86. The molecule has 1 aliphatic heterocycles. The molecule has 1 saturated carbocycles. The Hall–Kier alpha value is -0.0800. The first-order chi connectivity index (χ1) is 7.40. The minimum Gasteiger partial charge on any atom is -0.329 e. The standard InChI is InChI=1S/C13H26N2/c14-10-13-8-2-1-5-9-15(13)11-12-6-3-4-7-12/h12-13H,1-11,14H2. The highest BCUT2D eigenvalue weighted by molar-refractivity contribution is 4.80. The molecule has 0 aromatic carbocycles. The van der Waals surface area contributed by atoms with Crippen LogP contribution in [-0.2, 0) is 0 Å². The summed E-state index contributed by atoms with van der Waals surface area (Å²) in [6, 6.07) is 0.688. The van der Waals surface area contributed by atoms with Crippen LogP contribution in [0.15, 0.2) is 0 Å². The highest BCUT2D eigenvalue weighted by Crippen LogP contribution is 2.27. The van der Waals surface area contributed by atoms with E-state index in [9.17, 15) is 0 Å². The largest absolute Gasteiger partial charge is 0.329 e. The van der Waals surface area contributed by atoms with E-state index in [1.807, 2.05) is 0 Å². The zero-order valence-corrected chi connectivity index (χ0v) is 9.96. The fraction of sp³-hybridized carbons (Fsp3) is 1.00. The maximum atomic E-state index is 5.90. The topological polar surface area (TPSA) is 29.3 Å². The van der Waals surface area contributed by atoms with E-state index in [0.717, 1.165) is 12.5 Å². The minimum absolute atomic E-state index is 0.688. The van der Waals surface area contributed by atoms with Crippen molar-refractivity contribution in [2.24, 2.45) is 11.7 Å². The normalized spacial score (nSPS) is 30.6. The van der Waals surface area contributed by atoms with Gasteiger partial charge in [-0.25, -0.2) is 0 Å². The zero-order valence-electron chi connectivity index (χ0n) is 9.96. The minimum atomic E-state index is 0.688. The Labute approximate surface area is 94.2 Å². The van der Waals surface area contributed by atoms with Crippen molar-refractivity contribution in [3.05, 3.63) is 0 Å². The Kier molecular flexibility index (Phi) is 4.45. The molecule has 1 aliphatic carbocycles. The third-order valence-electron chi connectivity index (χ3n) is 4.24. The van der Waals surface area contributed by atoms with Gasteiger partial charge in [-0.3, -0.25) is 4.90 Å². The van der Waals surface area contributed by atoms with Gasteiger partial charge in [0.15, 0.2) is 0 Å². The van der Waals surface area contributed by atoms with Gasteiger partial charge in [0.1, 0.15) is 0 Å². The molecule has 2 aliphatic rings. The summed E-state index contributed by atoms with van der Waals surface area (Å²) in [6.07, 6.45) is 11.4. The smallest absolute Gasteiger partial charge is 0.0218 e. The van der Waals surface area contributed by atoms with Crippen molar-refractivity contribution in [2.45, 2.75) is 57.4 Å².